The van der Waals surface area contributed by atoms with Gasteiger partial charge in [0, 0.05) is 25.1 Å². The molecule has 3 heterocycles. The van der Waals surface area contributed by atoms with Gasteiger partial charge in [-0.05, 0) is 57.2 Å². The van der Waals surface area contributed by atoms with Crippen LogP contribution in [-0.2, 0) is 4.79 Å². The Morgan fingerprint density at radius 3 is 2.67 bits per heavy atom. The molecule has 2 unspecified atom stereocenters. The summed E-state index contributed by atoms with van der Waals surface area (Å²) < 4.78 is 5.95. The zero-order valence-corrected chi connectivity index (χ0v) is 16.1. The summed E-state index contributed by atoms with van der Waals surface area (Å²) in [7, 11) is 0. The SMILES string of the molecule is Nc1cc(OC2CCCCC2=O)c(C(=O)NC2CN3CCC2CC3)cc1Cl. The number of nitrogens with zero attached hydrogens (tertiary/aromatic N) is 1. The number of benzene rings is 1. The molecule has 4 aliphatic rings. The summed E-state index contributed by atoms with van der Waals surface area (Å²) in [5.74, 6) is 0.732. The van der Waals surface area contributed by atoms with E-state index in [9.17, 15) is 9.59 Å². The first kappa shape index (κ1) is 18.6. The van der Waals surface area contributed by atoms with Crippen molar-refractivity contribution < 1.29 is 14.3 Å². The van der Waals surface area contributed by atoms with E-state index in [4.69, 9.17) is 22.1 Å². The van der Waals surface area contributed by atoms with Gasteiger partial charge in [-0.2, -0.15) is 0 Å². The standard InChI is InChI=1S/C20H26ClN3O3/c21-14-9-13(20(26)23-16-11-24-7-5-12(16)6-8-24)19(10-15(14)22)27-18-4-2-1-3-17(18)25/h9-10,12,16,18H,1-8,11,22H2,(H,23,26). The van der Waals surface area contributed by atoms with Crippen LogP contribution in [0.1, 0.15) is 48.9 Å². The number of nitrogens with two attached hydrogens (primary N) is 1. The second kappa shape index (κ2) is 7.68. The molecule has 1 aromatic rings. The number of rotatable bonds is 4. The van der Waals surface area contributed by atoms with Gasteiger partial charge in [0.2, 0.25) is 0 Å². The molecule has 1 amide bonds. The Bertz CT molecular complexity index is 746. The number of amides is 1. The van der Waals surface area contributed by atoms with E-state index in [0.717, 1.165) is 45.3 Å². The number of carbonyl (C=O) groups is 2. The van der Waals surface area contributed by atoms with Crippen molar-refractivity contribution in [3.8, 4) is 5.75 Å². The number of anilines is 1. The number of hydrogen-bond donors (Lipinski definition) is 2. The van der Waals surface area contributed by atoms with Crippen LogP contribution in [0.15, 0.2) is 12.1 Å². The number of Topliss-reactive ketones (excluding diaryl/α,β-unsaturated/α-hetero) is 1. The molecule has 4 fully saturated rings. The number of ether oxygens (including phenoxy) is 1. The van der Waals surface area contributed by atoms with Gasteiger partial charge in [0.05, 0.1) is 16.3 Å². The summed E-state index contributed by atoms with van der Waals surface area (Å²) in [6.07, 6.45) is 4.76. The third-order valence-corrected chi connectivity index (χ3v) is 6.41. The van der Waals surface area contributed by atoms with Crippen LogP contribution in [0.2, 0.25) is 5.02 Å². The fraction of sp³-hybridized carbons (Fsp3) is 0.600. The molecular formula is C20H26ClN3O3. The lowest BCUT2D eigenvalue weighted by Gasteiger charge is -2.45. The lowest BCUT2D eigenvalue weighted by atomic mass is 9.84. The highest BCUT2D eigenvalue weighted by atomic mass is 35.5. The summed E-state index contributed by atoms with van der Waals surface area (Å²) in [4.78, 5) is 27.5. The molecule has 1 saturated carbocycles. The number of ketones is 1. The van der Waals surface area contributed by atoms with Crippen molar-refractivity contribution in [2.75, 3.05) is 25.4 Å². The molecule has 146 valence electrons. The minimum Gasteiger partial charge on any atom is -0.482 e. The highest BCUT2D eigenvalue weighted by Gasteiger charge is 2.35. The van der Waals surface area contributed by atoms with Crippen LogP contribution in [0, 0.1) is 5.92 Å². The molecule has 1 aliphatic carbocycles. The van der Waals surface area contributed by atoms with Crippen LogP contribution in [0.5, 0.6) is 5.75 Å². The third-order valence-electron chi connectivity index (χ3n) is 6.08. The van der Waals surface area contributed by atoms with Crippen molar-refractivity contribution >= 4 is 29.0 Å². The lowest BCUT2D eigenvalue weighted by Crippen LogP contribution is -2.57. The molecule has 7 heteroatoms. The molecule has 5 rings (SSSR count). The highest BCUT2D eigenvalue weighted by molar-refractivity contribution is 6.33. The molecule has 1 aromatic carbocycles. The topological polar surface area (TPSA) is 84.7 Å². The number of halogens is 1. The number of carbonyl (C=O) groups excluding carboxylic acids is 2. The van der Waals surface area contributed by atoms with Crippen LogP contribution >= 0.6 is 11.6 Å². The van der Waals surface area contributed by atoms with Crippen molar-refractivity contribution in [3.05, 3.63) is 22.7 Å². The normalized spacial score (nSPS) is 30.2. The predicted octanol–water partition coefficient (Wildman–Crippen LogP) is 2.64. The first-order chi connectivity index (χ1) is 13.0. The van der Waals surface area contributed by atoms with Gasteiger partial charge >= 0.3 is 0 Å². The third kappa shape index (κ3) is 3.92. The van der Waals surface area contributed by atoms with Crippen LogP contribution in [-0.4, -0.2) is 48.4 Å². The summed E-state index contributed by atoms with van der Waals surface area (Å²) in [5, 5.41) is 3.47. The number of hydrogen-bond acceptors (Lipinski definition) is 5. The Balaban J connectivity index is 1.54. The van der Waals surface area contributed by atoms with E-state index in [1.165, 1.54) is 0 Å². The maximum atomic E-state index is 13.0. The maximum absolute atomic E-state index is 13.0. The van der Waals surface area contributed by atoms with Gasteiger partial charge in [-0.25, -0.2) is 0 Å². The lowest BCUT2D eigenvalue weighted by molar-refractivity contribution is -0.127. The Morgan fingerprint density at radius 2 is 2.00 bits per heavy atom. The van der Waals surface area contributed by atoms with Gasteiger partial charge < -0.3 is 20.7 Å². The molecule has 2 bridgehead atoms. The zero-order chi connectivity index (χ0) is 19.0. The molecule has 0 aromatic heterocycles. The molecule has 3 N–H and O–H groups in total. The second-order valence-corrected chi connectivity index (χ2v) is 8.31. The molecule has 0 radical (unpaired) electrons. The van der Waals surface area contributed by atoms with Crippen molar-refractivity contribution in [1.82, 2.24) is 10.2 Å². The first-order valence-corrected chi connectivity index (χ1v) is 10.2. The average Bonchev–Trinajstić information content (AvgIpc) is 2.67. The average molecular weight is 392 g/mol. The number of nitrogen functional groups attached to an aromatic ring is 1. The van der Waals surface area contributed by atoms with Crippen LogP contribution in [0.4, 0.5) is 5.69 Å². The molecule has 6 nitrogen and oxygen atoms in total. The predicted molar refractivity (Wildman–Crippen MR) is 104 cm³/mol. The maximum Gasteiger partial charge on any atom is 0.255 e. The number of nitrogens with one attached hydrogen (secondary N) is 1. The minimum absolute atomic E-state index is 0.0820. The van der Waals surface area contributed by atoms with E-state index < -0.39 is 6.10 Å². The van der Waals surface area contributed by atoms with Crippen molar-refractivity contribution in [3.63, 3.8) is 0 Å². The van der Waals surface area contributed by atoms with E-state index in [1.54, 1.807) is 12.1 Å². The van der Waals surface area contributed by atoms with E-state index in [2.05, 4.69) is 10.2 Å². The van der Waals surface area contributed by atoms with Gasteiger partial charge in [-0.3, -0.25) is 9.59 Å². The number of fused-ring (bicyclic) bond motifs is 3. The molecule has 27 heavy (non-hydrogen) atoms. The molecule has 2 atom stereocenters. The second-order valence-electron chi connectivity index (χ2n) is 7.91. The van der Waals surface area contributed by atoms with Gasteiger partial charge in [0.15, 0.2) is 11.9 Å². The summed E-state index contributed by atoms with van der Waals surface area (Å²) in [5.41, 5.74) is 6.62. The van der Waals surface area contributed by atoms with Crippen LogP contribution < -0.4 is 15.8 Å². The van der Waals surface area contributed by atoms with Crippen LogP contribution in [0.25, 0.3) is 0 Å². The van der Waals surface area contributed by atoms with Gasteiger partial charge in [-0.1, -0.05) is 11.6 Å². The Kier molecular flexibility index (Phi) is 5.28. The summed E-state index contributed by atoms with van der Waals surface area (Å²) in [6, 6.07) is 3.26. The smallest absolute Gasteiger partial charge is 0.255 e. The van der Waals surface area contributed by atoms with E-state index in [-0.39, 0.29) is 17.7 Å². The van der Waals surface area contributed by atoms with Crippen molar-refractivity contribution in [2.24, 2.45) is 5.92 Å². The minimum atomic E-state index is -0.511. The molecular weight excluding hydrogens is 366 g/mol. The van der Waals surface area contributed by atoms with Crippen molar-refractivity contribution in [1.29, 1.82) is 0 Å². The monoisotopic (exact) mass is 391 g/mol. The first-order valence-electron chi connectivity index (χ1n) is 9.83. The van der Waals surface area contributed by atoms with Gasteiger partial charge in [0.1, 0.15) is 5.75 Å². The molecule has 0 spiro atoms. The summed E-state index contributed by atoms with van der Waals surface area (Å²) in [6.45, 7) is 3.11. The van der Waals surface area contributed by atoms with Gasteiger partial charge in [0.25, 0.3) is 5.91 Å². The fourth-order valence-corrected chi connectivity index (χ4v) is 4.61. The molecule has 3 aliphatic heterocycles. The number of piperidine rings is 3. The van der Waals surface area contributed by atoms with E-state index in [0.29, 0.717) is 40.8 Å². The van der Waals surface area contributed by atoms with E-state index in [1.807, 2.05) is 0 Å². The van der Waals surface area contributed by atoms with Crippen molar-refractivity contribution in [2.45, 2.75) is 50.7 Å². The van der Waals surface area contributed by atoms with Crippen LogP contribution in [0.3, 0.4) is 0 Å². The Morgan fingerprint density at radius 1 is 1.22 bits per heavy atom. The molecule has 3 saturated heterocycles. The Labute approximate surface area is 164 Å². The Hall–Kier alpha value is -1.79. The highest BCUT2D eigenvalue weighted by Crippen LogP contribution is 2.33. The zero-order valence-electron chi connectivity index (χ0n) is 15.4. The van der Waals surface area contributed by atoms with E-state index >= 15 is 0 Å². The van der Waals surface area contributed by atoms with Gasteiger partial charge in [-0.15, -0.1) is 0 Å². The largest absolute Gasteiger partial charge is 0.482 e. The quantitative estimate of drug-likeness (QED) is 0.771. The summed E-state index contributed by atoms with van der Waals surface area (Å²) >= 11 is 6.17. The fourth-order valence-electron chi connectivity index (χ4n) is 4.45.